The van der Waals surface area contributed by atoms with E-state index in [1.54, 1.807) is 18.4 Å². The van der Waals surface area contributed by atoms with Crippen molar-refractivity contribution in [2.75, 3.05) is 12.8 Å². The van der Waals surface area contributed by atoms with Crippen LogP contribution in [0.15, 0.2) is 29.8 Å². The molecule has 19 heavy (non-hydrogen) atoms. The normalized spacial score (nSPS) is 11.5. The molecule has 2 rings (SSSR count). The first-order chi connectivity index (χ1) is 9.03. The maximum atomic E-state index is 5.98. The number of hydrogen-bond acceptors (Lipinski definition) is 5. The van der Waals surface area contributed by atoms with E-state index in [2.05, 4.69) is 24.1 Å². The van der Waals surface area contributed by atoms with Crippen molar-refractivity contribution >= 4 is 17.0 Å². The van der Waals surface area contributed by atoms with E-state index in [4.69, 9.17) is 10.5 Å². The molecule has 0 saturated heterocycles. The number of hydrogen-bond donors (Lipinski definition) is 2. The molecule has 1 aromatic carbocycles. The smallest absolute Gasteiger partial charge is 0.119 e. The fourth-order valence-electron chi connectivity index (χ4n) is 1.79. The van der Waals surface area contributed by atoms with Gasteiger partial charge in [-0.25, -0.2) is 4.98 Å². The molecule has 0 amide bonds. The molecule has 0 aliphatic carbocycles. The Morgan fingerprint density at radius 2 is 2.21 bits per heavy atom. The van der Waals surface area contributed by atoms with Gasteiger partial charge in [-0.2, -0.15) is 0 Å². The van der Waals surface area contributed by atoms with Crippen LogP contribution < -0.4 is 15.8 Å². The molecule has 1 heterocycles. The van der Waals surface area contributed by atoms with Gasteiger partial charge in [0.25, 0.3) is 0 Å². The summed E-state index contributed by atoms with van der Waals surface area (Å²) in [6.45, 7) is 4.90. The zero-order chi connectivity index (χ0) is 13.9. The van der Waals surface area contributed by atoms with Crippen LogP contribution in [0.5, 0.6) is 5.75 Å². The van der Waals surface area contributed by atoms with E-state index in [1.165, 1.54) is 0 Å². The summed E-state index contributed by atoms with van der Waals surface area (Å²) in [7, 11) is 1.65. The number of nitrogens with zero attached hydrogens (tertiary/aromatic N) is 1. The summed E-state index contributed by atoms with van der Waals surface area (Å²) in [6.07, 6.45) is 1.82. The van der Waals surface area contributed by atoms with Crippen molar-refractivity contribution in [2.45, 2.75) is 25.9 Å². The van der Waals surface area contributed by atoms with E-state index in [0.717, 1.165) is 22.0 Å². The molecule has 0 bridgehead atoms. The van der Waals surface area contributed by atoms with Crippen molar-refractivity contribution in [1.29, 1.82) is 0 Å². The molecule has 5 heteroatoms. The second-order valence-electron chi connectivity index (χ2n) is 4.88. The third kappa shape index (κ3) is 3.24. The van der Waals surface area contributed by atoms with Crippen LogP contribution >= 0.6 is 11.3 Å². The number of rotatable bonds is 5. The number of methoxy groups -OCH3 is 1. The number of nitrogen functional groups attached to an aromatic ring is 1. The lowest BCUT2D eigenvalue weighted by atomic mass is 10.1. The highest BCUT2D eigenvalue weighted by Crippen LogP contribution is 2.24. The van der Waals surface area contributed by atoms with Gasteiger partial charge in [-0.1, -0.05) is 0 Å². The van der Waals surface area contributed by atoms with Gasteiger partial charge in [-0.15, -0.1) is 11.3 Å². The number of ether oxygens (including phenoxy) is 1. The van der Waals surface area contributed by atoms with E-state index in [0.29, 0.717) is 6.54 Å². The van der Waals surface area contributed by atoms with Gasteiger partial charge >= 0.3 is 0 Å². The highest BCUT2D eigenvalue weighted by atomic mass is 32.1. The Bertz CT molecular complexity index is 538. The van der Waals surface area contributed by atoms with Gasteiger partial charge in [-0.3, -0.25) is 0 Å². The number of aromatic nitrogens is 1. The van der Waals surface area contributed by atoms with Gasteiger partial charge in [0.05, 0.1) is 12.6 Å². The lowest BCUT2D eigenvalue weighted by Gasteiger charge is -2.24. The molecule has 0 aliphatic heterocycles. The number of nitrogens with two attached hydrogens (primary N) is 1. The van der Waals surface area contributed by atoms with E-state index < -0.39 is 0 Å². The predicted octanol–water partition coefficient (Wildman–Crippen LogP) is 2.76. The van der Waals surface area contributed by atoms with Gasteiger partial charge in [0, 0.05) is 23.8 Å². The molecule has 0 atom stereocenters. The first-order valence-electron chi connectivity index (χ1n) is 6.10. The molecular weight excluding hydrogens is 258 g/mol. The summed E-state index contributed by atoms with van der Waals surface area (Å²) in [4.78, 5) is 4.36. The molecule has 2 aromatic rings. The molecule has 0 fully saturated rings. The highest BCUT2D eigenvalue weighted by Gasteiger charge is 2.22. The molecule has 0 saturated carbocycles. The van der Waals surface area contributed by atoms with Crippen LogP contribution in [-0.4, -0.2) is 12.1 Å². The summed E-state index contributed by atoms with van der Waals surface area (Å²) < 4.78 is 5.22. The first kappa shape index (κ1) is 13.8. The Kier molecular flexibility index (Phi) is 4.07. The largest absolute Gasteiger partial charge is 0.497 e. The fourth-order valence-corrected chi connectivity index (χ4v) is 2.53. The van der Waals surface area contributed by atoms with Crippen molar-refractivity contribution in [3.8, 4) is 5.75 Å². The van der Waals surface area contributed by atoms with Gasteiger partial charge in [0.15, 0.2) is 0 Å². The monoisotopic (exact) mass is 277 g/mol. The predicted molar refractivity (Wildman–Crippen MR) is 79.4 cm³/mol. The van der Waals surface area contributed by atoms with Crippen molar-refractivity contribution in [2.24, 2.45) is 0 Å². The van der Waals surface area contributed by atoms with E-state index >= 15 is 0 Å². The summed E-state index contributed by atoms with van der Waals surface area (Å²) in [5.74, 6) is 0.818. The van der Waals surface area contributed by atoms with Gasteiger partial charge < -0.3 is 15.8 Å². The maximum Gasteiger partial charge on any atom is 0.119 e. The number of benzene rings is 1. The van der Waals surface area contributed by atoms with Crippen LogP contribution in [0, 0.1) is 0 Å². The Hall–Kier alpha value is -1.59. The average molecular weight is 277 g/mol. The highest BCUT2D eigenvalue weighted by molar-refractivity contribution is 7.09. The van der Waals surface area contributed by atoms with Crippen LogP contribution in [0.25, 0.3) is 0 Å². The lowest BCUT2D eigenvalue weighted by molar-refractivity contribution is 0.396. The molecule has 0 unspecified atom stereocenters. The van der Waals surface area contributed by atoms with Crippen LogP contribution in [0.4, 0.5) is 5.69 Å². The van der Waals surface area contributed by atoms with E-state index in [-0.39, 0.29) is 5.54 Å². The SMILES string of the molecule is COc1ccc(N)c(CNC(C)(C)c2nccs2)c1. The van der Waals surface area contributed by atoms with Crippen molar-refractivity contribution in [1.82, 2.24) is 10.3 Å². The van der Waals surface area contributed by atoms with Crippen LogP contribution in [-0.2, 0) is 12.1 Å². The average Bonchev–Trinajstić information content (AvgIpc) is 2.92. The Morgan fingerprint density at radius 3 is 2.84 bits per heavy atom. The second-order valence-corrected chi connectivity index (χ2v) is 5.78. The van der Waals surface area contributed by atoms with Crippen LogP contribution in [0.1, 0.15) is 24.4 Å². The summed E-state index contributed by atoms with van der Waals surface area (Å²) in [5.41, 5.74) is 7.61. The third-order valence-electron chi connectivity index (χ3n) is 3.04. The lowest BCUT2D eigenvalue weighted by Crippen LogP contribution is -2.36. The Morgan fingerprint density at radius 1 is 1.42 bits per heavy atom. The van der Waals surface area contributed by atoms with Gasteiger partial charge in [-0.05, 0) is 37.6 Å². The standard InChI is InChI=1S/C14H19N3OS/c1-14(2,13-16-6-7-19-13)17-9-10-8-11(18-3)4-5-12(10)15/h4-8,17H,9,15H2,1-3H3. The van der Waals surface area contributed by atoms with Crippen molar-refractivity contribution in [3.63, 3.8) is 0 Å². The molecule has 4 nitrogen and oxygen atoms in total. The zero-order valence-electron chi connectivity index (χ0n) is 11.4. The van der Waals surface area contributed by atoms with Gasteiger partial charge in [0.1, 0.15) is 10.8 Å². The van der Waals surface area contributed by atoms with Gasteiger partial charge in [0.2, 0.25) is 0 Å². The Balaban J connectivity index is 2.10. The second kappa shape index (κ2) is 5.59. The third-order valence-corrected chi connectivity index (χ3v) is 4.13. The fraction of sp³-hybridized carbons (Fsp3) is 0.357. The zero-order valence-corrected chi connectivity index (χ0v) is 12.3. The van der Waals surface area contributed by atoms with Crippen LogP contribution in [0.3, 0.4) is 0 Å². The van der Waals surface area contributed by atoms with Crippen molar-refractivity contribution < 1.29 is 4.74 Å². The molecular formula is C14H19N3OS. The number of anilines is 1. The molecule has 1 aromatic heterocycles. The Labute approximate surface area is 117 Å². The van der Waals surface area contributed by atoms with Crippen LogP contribution in [0.2, 0.25) is 0 Å². The van der Waals surface area contributed by atoms with E-state index in [1.807, 2.05) is 29.8 Å². The minimum absolute atomic E-state index is 0.177. The molecule has 102 valence electrons. The molecule has 3 N–H and O–H groups in total. The molecule has 0 radical (unpaired) electrons. The minimum Gasteiger partial charge on any atom is -0.497 e. The number of nitrogens with one attached hydrogen (secondary N) is 1. The van der Waals surface area contributed by atoms with E-state index in [9.17, 15) is 0 Å². The minimum atomic E-state index is -0.177. The quantitative estimate of drug-likeness (QED) is 0.825. The first-order valence-corrected chi connectivity index (χ1v) is 6.98. The molecule has 0 spiro atoms. The number of thiazole rings is 1. The summed E-state index contributed by atoms with van der Waals surface area (Å²) in [5, 5.41) is 6.53. The van der Waals surface area contributed by atoms with Crippen molar-refractivity contribution in [3.05, 3.63) is 40.3 Å². The maximum absolute atomic E-state index is 5.98. The topological polar surface area (TPSA) is 60.2 Å². The summed E-state index contributed by atoms with van der Waals surface area (Å²) in [6, 6.07) is 5.69. The summed E-state index contributed by atoms with van der Waals surface area (Å²) >= 11 is 1.65. The molecule has 0 aliphatic rings.